The van der Waals surface area contributed by atoms with Crippen LogP contribution in [-0.2, 0) is 6.54 Å². The Balaban J connectivity index is 1.99. The molecular formula is C20H21ClN2O. The normalized spacial score (nSPS) is 12.3. The van der Waals surface area contributed by atoms with Crippen molar-refractivity contribution >= 4 is 28.4 Å². The van der Waals surface area contributed by atoms with Gasteiger partial charge in [-0.05, 0) is 50.1 Å². The van der Waals surface area contributed by atoms with E-state index in [-0.39, 0.29) is 11.9 Å². The van der Waals surface area contributed by atoms with Crippen LogP contribution in [0.1, 0.15) is 41.5 Å². The lowest BCUT2D eigenvalue weighted by Gasteiger charge is -2.16. The van der Waals surface area contributed by atoms with Gasteiger partial charge in [0.1, 0.15) is 5.69 Å². The van der Waals surface area contributed by atoms with Crippen LogP contribution in [-0.4, -0.2) is 10.5 Å². The standard InChI is InChI=1S/C20H21ClN2O/c1-4-23-18-11-10-16(21)12-17(18)13(2)19(23)20(24)22-14(3)15-8-6-5-7-9-15/h5-12,14H,4H2,1-3H3,(H,22,24). The zero-order chi connectivity index (χ0) is 17.3. The second-order valence-electron chi connectivity index (χ2n) is 5.99. The minimum atomic E-state index is -0.0574. The van der Waals surface area contributed by atoms with Gasteiger partial charge in [0, 0.05) is 22.5 Å². The highest BCUT2D eigenvalue weighted by molar-refractivity contribution is 6.31. The smallest absolute Gasteiger partial charge is 0.268 e. The number of carbonyl (C=O) groups excluding carboxylic acids is 1. The van der Waals surface area contributed by atoms with Gasteiger partial charge in [0.15, 0.2) is 0 Å². The number of fused-ring (bicyclic) bond motifs is 1. The number of halogens is 1. The molecule has 2 aromatic carbocycles. The molecule has 0 fully saturated rings. The summed E-state index contributed by atoms with van der Waals surface area (Å²) in [6.45, 7) is 6.75. The molecule has 0 spiro atoms. The number of rotatable bonds is 4. The summed E-state index contributed by atoms with van der Waals surface area (Å²) in [7, 11) is 0. The van der Waals surface area contributed by atoms with Gasteiger partial charge in [0.2, 0.25) is 0 Å². The van der Waals surface area contributed by atoms with Crippen LogP contribution >= 0.6 is 11.6 Å². The van der Waals surface area contributed by atoms with Gasteiger partial charge in [-0.1, -0.05) is 41.9 Å². The Kier molecular flexibility index (Phi) is 4.63. The molecule has 0 saturated heterocycles. The fourth-order valence-corrected chi connectivity index (χ4v) is 3.38. The third-order valence-electron chi connectivity index (χ3n) is 4.46. The monoisotopic (exact) mass is 340 g/mol. The molecule has 1 heterocycles. The van der Waals surface area contributed by atoms with Crippen LogP contribution in [0, 0.1) is 6.92 Å². The van der Waals surface area contributed by atoms with Crippen molar-refractivity contribution in [3.63, 3.8) is 0 Å². The molecule has 0 radical (unpaired) electrons. The number of amides is 1. The van der Waals surface area contributed by atoms with Gasteiger partial charge in [-0.25, -0.2) is 0 Å². The van der Waals surface area contributed by atoms with Crippen LogP contribution in [0.2, 0.25) is 5.02 Å². The largest absolute Gasteiger partial charge is 0.344 e. The van der Waals surface area contributed by atoms with E-state index in [1.165, 1.54) is 0 Å². The molecule has 1 N–H and O–H groups in total. The van der Waals surface area contributed by atoms with Crippen LogP contribution in [0.5, 0.6) is 0 Å². The average molecular weight is 341 g/mol. The Hall–Kier alpha value is -2.26. The van der Waals surface area contributed by atoms with Crippen LogP contribution < -0.4 is 5.32 Å². The van der Waals surface area contributed by atoms with Gasteiger partial charge in [-0.15, -0.1) is 0 Å². The molecule has 0 bridgehead atoms. The number of nitrogens with one attached hydrogen (secondary N) is 1. The summed E-state index contributed by atoms with van der Waals surface area (Å²) in [6.07, 6.45) is 0. The minimum Gasteiger partial charge on any atom is -0.344 e. The van der Waals surface area contributed by atoms with Crippen molar-refractivity contribution in [2.45, 2.75) is 33.4 Å². The number of hydrogen-bond donors (Lipinski definition) is 1. The maximum absolute atomic E-state index is 12.9. The average Bonchev–Trinajstić information content (AvgIpc) is 2.87. The van der Waals surface area contributed by atoms with E-state index in [1.807, 2.05) is 73.9 Å². The molecule has 3 nitrogen and oxygen atoms in total. The van der Waals surface area contributed by atoms with Gasteiger partial charge in [0.25, 0.3) is 5.91 Å². The van der Waals surface area contributed by atoms with Crippen molar-refractivity contribution in [2.24, 2.45) is 0 Å². The van der Waals surface area contributed by atoms with E-state index >= 15 is 0 Å². The summed E-state index contributed by atoms with van der Waals surface area (Å²) < 4.78 is 2.05. The molecule has 1 amide bonds. The molecule has 1 atom stereocenters. The summed E-state index contributed by atoms with van der Waals surface area (Å²) in [5.74, 6) is -0.0574. The highest BCUT2D eigenvalue weighted by Gasteiger charge is 2.21. The first-order valence-electron chi connectivity index (χ1n) is 8.17. The Bertz CT molecular complexity index is 884. The molecule has 24 heavy (non-hydrogen) atoms. The maximum atomic E-state index is 12.9. The zero-order valence-electron chi connectivity index (χ0n) is 14.1. The Morgan fingerprint density at radius 2 is 1.92 bits per heavy atom. The van der Waals surface area contributed by atoms with E-state index in [2.05, 4.69) is 5.32 Å². The Labute approximate surface area is 147 Å². The van der Waals surface area contributed by atoms with Crippen molar-refractivity contribution in [3.05, 3.63) is 70.4 Å². The lowest BCUT2D eigenvalue weighted by molar-refractivity contribution is 0.0930. The van der Waals surface area contributed by atoms with E-state index < -0.39 is 0 Å². The summed E-state index contributed by atoms with van der Waals surface area (Å²) in [4.78, 5) is 12.9. The first-order chi connectivity index (χ1) is 11.5. The van der Waals surface area contributed by atoms with E-state index in [1.54, 1.807) is 0 Å². The van der Waals surface area contributed by atoms with Gasteiger partial charge >= 0.3 is 0 Å². The lowest BCUT2D eigenvalue weighted by atomic mass is 10.1. The van der Waals surface area contributed by atoms with E-state index in [4.69, 9.17) is 11.6 Å². The van der Waals surface area contributed by atoms with Gasteiger partial charge < -0.3 is 9.88 Å². The maximum Gasteiger partial charge on any atom is 0.268 e. The molecule has 0 aliphatic rings. The minimum absolute atomic E-state index is 0.0509. The second-order valence-corrected chi connectivity index (χ2v) is 6.42. The second kappa shape index (κ2) is 6.70. The van der Waals surface area contributed by atoms with E-state index in [9.17, 15) is 4.79 Å². The van der Waals surface area contributed by atoms with Crippen molar-refractivity contribution in [1.29, 1.82) is 0 Å². The van der Waals surface area contributed by atoms with Crippen LogP contribution in [0.25, 0.3) is 10.9 Å². The van der Waals surface area contributed by atoms with Crippen LogP contribution in [0.15, 0.2) is 48.5 Å². The fraction of sp³-hybridized carbons (Fsp3) is 0.250. The molecule has 4 heteroatoms. The first-order valence-corrected chi connectivity index (χ1v) is 8.55. The zero-order valence-corrected chi connectivity index (χ0v) is 14.9. The molecule has 0 aliphatic heterocycles. The topological polar surface area (TPSA) is 34.0 Å². The number of benzene rings is 2. The highest BCUT2D eigenvalue weighted by atomic mass is 35.5. The molecule has 124 valence electrons. The first kappa shape index (κ1) is 16.6. The SMILES string of the molecule is CCn1c(C(=O)NC(C)c2ccccc2)c(C)c2cc(Cl)ccc21. The number of nitrogens with zero attached hydrogens (tertiary/aromatic N) is 1. The van der Waals surface area contributed by atoms with Crippen molar-refractivity contribution in [2.75, 3.05) is 0 Å². The third-order valence-corrected chi connectivity index (χ3v) is 4.69. The molecule has 1 unspecified atom stereocenters. The van der Waals surface area contributed by atoms with Crippen LogP contribution in [0.3, 0.4) is 0 Å². The van der Waals surface area contributed by atoms with E-state index in [0.717, 1.165) is 28.6 Å². The molecular weight excluding hydrogens is 320 g/mol. The van der Waals surface area contributed by atoms with Crippen molar-refractivity contribution < 1.29 is 4.79 Å². The summed E-state index contributed by atoms with van der Waals surface area (Å²) in [5.41, 5.74) is 3.80. The Morgan fingerprint density at radius 1 is 1.21 bits per heavy atom. The lowest BCUT2D eigenvalue weighted by Crippen LogP contribution is -2.29. The molecule has 1 aromatic heterocycles. The number of carbonyl (C=O) groups is 1. The summed E-state index contributed by atoms with van der Waals surface area (Å²) >= 11 is 6.13. The van der Waals surface area contributed by atoms with Gasteiger partial charge in [0.05, 0.1) is 6.04 Å². The number of aryl methyl sites for hydroxylation is 2. The summed E-state index contributed by atoms with van der Waals surface area (Å²) in [6, 6.07) is 15.7. The van der Waals surface area contributed by atoms with Gasteiger partial charge in [-0.3, -0.25) is 4.79 Å². The fourth-order valence-electron chi connectivity index (χ4n) is 3.21. The Morgan fingerprint density at radius 3 is 2.58 bits per heavy atom. The van der Waals surface area contributed by atoms with Crippen LogP contribution in [0.4, 0.5) is 0 Å². The molecule has 0 saturated carbocycles. The van der Waals surface area contributed by atoms with Gasteiger partial charge in [-0.2, -0.15) is 0 Å². The third kappa shape index (κ3) is 2.92. The highest BCUT2D eigenvalue weighted by Crippen LogP contribution is 2.28. The molecule has 3 rings (SSSR count). The quantitative estimate of drug-likeness (QED) is 0.703. The van der Waals surface area contributed by atoms with Crippen molar-refractivity contribution in [1.82, 2.24) is 9.88 Å². The summed E-state index contributed by atoms with van der Waals surface area (Å²) in [5, 5.41) is 4.82. The molecule has 3 aromatic rings. The number of aromatic nitrogens is 1. The predicted molar refractivity (Wildman–Crippen MR) is 99.7 cm³/mol. The predicted octanol–water partition coefficient (Wildman–Crippen LogP) is 5.11. The number of hydrogen-bond acceptors (Lipinski definition) is 1. The molecule has 0 aliphatic carbocycles. The van der Waals surface area contributed by atoms with Crippen molar-refractivity contribution in [3.8, 4) is 0 Å². The van der Waals surface area contributed by atoms with E-state index in [0.29, 0.717) is 10.7 Å².